The second-order valence-electron chi connectivity index (χ2n) is 15.2. The number of rotatable bonds is 7. The van der Waals surface area contributed by atoms with Gasteiger partial charge in [0, 0.05) is 60.5 Å². The number of nitrogens with zero attached hydrogens (tertiary/aromatic N) is 6. The van der Waals surface area contributed by atoms with Crippen molar-refractivity contribution in [3.05, 3.63) is 40.4 Å². The lowest BCUT2D eigenvalue weighted by Gasteiger charge is -2.45. The van der Waals surface area contributed by atoms with Crippen molar-refractivity contribution in [2.24, 2.45) is 5.92 Å². The van der Waals surface area contributed by atoms with Crippen molar-refractivity contribution in [3.8, 4) is 23.2 Å². The standard InChI is InChI=1S/C37H38ClF3N8O2S/c1-17-14-49(35(50)31-29(44-31)19-4-5-19)18(2)13-48(17)34-22-10-24(38)27(21-6-7-25(40)32-26(21)23(12-42)33(43)52-32)28(41)30(22)45-36(46-34)51-16-37-8-3-9-47(37)15-20(39)11-37/h6-7,10,17-20,29,31,44H,3-5,8-9,11,13-16,43H2,1-2H3/t17-,18+,20+,29-,31+,37-/m0/s1. The summed E-state index contributed by atoms with van der Waals surface area (Å²) < 4.78 is 53.2. The molecule has 5 fully saturated rings. The van der Waals surface area contributed by atoms with E-state index in [9.17, 15) is 18.8 Å². The first-order valence-electron chi connectivity index (χ1n) is 17.9. The molecule has 52 heavy (non-hydrogen) atoms. The Kier molecular flexibility index (Phi) is 8.04. The molecule has 15 heteroatoms. The Morgan fingerprint density at radius 3 is 2.79 bits per heavy atom. The van der Waals surface area contributed by atoms with Gasteiger partial charge in [0.1, 0.15) is 47.0 Å². The minimum Gasteiger partial charge on any atom is -0.461 e. The van der Waals surface area contributed by atoms with Crippen molar-refractivity contribution in [1.29, 1.82) is 5.26 Å². The van der Waals surface area contributed by atoms with Crippen LogP contribution in [0.4, 0.5) is 24.0 Å². The summed E-state index contributed by atoms with van der Waals surface area (Å²) in [7, 11) is 0. The van der Waals surface area contributed by atoms with Crippen molar-refractivity contribution >= 4 is 60.7 Å². The van der Waals surface area contributed by atoms with Crippen LogP contribution in [0.1, 0.15) is 51.5 Å². The largest absolute Gasteiger partial charge is 0.461 e. The summed E-state index contributed by atoms with van der Waals surface area (Å²) in [6, 6.07) is 5.90. The highest BCUT2D eigenvalue weighted by molar-refractivity contribution is 7.23. The second-order valence-corrected chi connectivity index (χ2v) is 16.7. The number of aromatic nitrogens is 2. The average Bonchev–Trinajstić information content (AvgIpc) is 4.01. The number of alkyl halides is 1. The summed E-state index contributed by atoms with van der Waals surface area (Å²) >= 11 is 7.84. The molecule has 0 bridgehead atoms. The minimum absolute atomic E-state index is 0.0194. The molecule has 4 aromatic rings. The van der Waals surface area contributed by atoms with Gasteiger partial charge in [0.05, 0.1) is 20.8 Å². The van der Waals surface area contributed by atoms with E-state index in [-0.39, 0.29) is 85.0 Å². The van der Waals surface area contributed by atoms with E-state index in [4.69, 9.17) is 27.1 Å². The summed E-state index contributed by atoms with van der Waals surface area (Å²) in [4.78, 5) is 29.1. The number of nitrogens with one attached hydrogen (secondary N) is 1. The number of nitrogens with two attached hydrogens (primary N) is 1. The van der Waals surface area contributed by atoms with Gasteiger partial charge >= 0.3 is 6.01 Å². The molecule has 0 radical (unpaired) electrons. The maximum atomic E-state index is 17.2. The molecule has 0 spiro atoms. The Morgan fingerprint density at radius 2 is 2.02 bits per heavy atom. The van der Waals surface area contributed by atoms with E-state index in [2.05, 4.69) is 15.2 Å². The van der Waals surface area contributed by atoms with Gasteiger partial charge in [0.15, 0.2) is 5.82 Å². The molecular weight excluding hydrogens is 713 g/mol. The number of halogens is 4. The van der Waals surface area contributed by atoms with E-state index < -0.39 is 23.3 Å². The number of fused-ring (bicyclic) bond motifs is 3. The smallest absolute Gasteiger partial charge is 0.319 e. The highest BCUT2D eigenvalue weighted by Gasteiger charge is 2.53. The average molecular weight is 751 g/mol. The van der Waals surface area contributed by atoms with Crippen LogP contribution in [0.2, 0.25) is 5.02 Å². The molecule has 6 atom stereocenters. The van der Waals surface area contributed by atoms with Gasteiger partial charge in [-0.05, 0) is 69.7 Å². The molecule has 4 aliphatic heterocycles. The maximum Gasteiger partial charge on any atom is 0.319 e. The number of hydrogen-bond acceptors (Lipinski definition) is 10. The van der Waals surface area contributed by atoms with Crippen molar-refractivity contribution < 1.29 is 22.7 Å². The lowest BCUT2D eigenvalue weighted by molar-refractivity contribution is -0.133. The van der Waals surface area contributed by atoms with Crippen LogP contribution >= 0.6 is 22.9 Å². The third-order valence-corrected chi connectivity index (χ3v) is 13.2. The first kappa shape index (κ1) is 33.9. The van der Waals surface area contributed by atoms with Crippen LogP contribution in [0.25, 0.3) is 32.1 Å². The van der Waals surface area contributed by atoms with Crippen LogP contribution in [-0.4, -0.2) is 94.3 Å². The SMILES string of the molecule is C[C@@H]1CN(c2nc(OC[C@@]34CCCN3C[C@H](F)C4)nc3c(F)c(-c4ccc(F)c5sc(N)c(C#N)c45)c(Cl)cc23)[C@@H](C)CN1C(=O)[C@@H]1N[C@H]1C1CC1. The van der Waals surface area contributed by atoms with E-state index in [0.29, 0.717) is 43.2 Å². The molecule has 4 saturated heterocycles. The summed E-state index contributed by atoms with van der Waals surface area (Å²) in [5, 5.41) is 14.0. The lowest BCUT2D eigenvalue weighted by atomic mass is 9.95. The van der Waals surface area contributed by atoms with Gasteiger partial charge in [-0.3, -0.25) is 15.0 Å². The predicted molar refractivity (Wildman–Crippen MR) is 194 cm³/mol. The number of piperazine rings is 1. The molecular formula is C37H38ClF3N8O2S. The number of thiophene rings is 1. The van der Waals surface area contributed by atoms with Crippen LogP contribution in [0.5, 0.6) is 6.01 Å². The third kappa shape index (κ3) is 5.37. The Bertz CT molecular complexity index is 2190. The normalized spacial score (nSPS) is 28.8. The van der Waals surface area contributed by atoms with Crippen LogP contribution in [0, 0.1) is 28.9 Å². The van der Waals surface area contributed by atoms with Gasteiger partial charge in [-0.2, -0.15) is 15.2 Å². The number of nitriles is 1. The molecule has 9 rings (SSSR count). The molecule has 272 valence electrons. The fraction of sp³-hybridized carbons (Fsp3) is 0.514. The summed E-state index contributed by atoms with van der Waals surface area (Å²) in [6.07, 6.45) is 3.41. The van der Waals surface area contributed by atoms with Crippen molar-refractivity contribution in [3.63, 3.8) is 0 Å². The summed E-state index contributed by atoms with van der Waals surface area (Å²) in [5.74, 6) is -0.284. The molecule has 1 aliphatic carbocycles. The highest BCUT2D eigenvalue weighted by atomic mass is 35.5. The molecule has 1 saturated carbocycles. The van der Waals surface area contributed by atoms with Crippen molar-refractivity contribution in [1.82, 2.24) is 25.1 Å². The van der Waals surface area contributed by atoms with E-state index in [1.54, 1.807) is 6.07 Å². The first-order chi connectivity index (χ1) is 25.0. The zero-order chi connectivity index (χ0) is 36.2. The zero-order valence-electron chi connectivity index (χ0n) is 28.8. The Hall–Kier alpha value is -3.90. The highest BCUT2D eigenvalue weighted by Crippen LogP contribution is 2.47. The van der Waals surface area contributed by atoms with Gasteiger partial charge in [0.2, 0.25) is 5.91 Å². The molecule has 3 N–H and O–H groups in total. The lowest BCUT2D eigenvalue weighted by Crippen LogP contribution is -2.59. The van der Waals surface area contributed by atoms with Gasteiger partial charge in [-0.15, -0.1) is 11.3 Å². The van der Waals surface area contributed by atoms with E-state index >= 15 is 4.39 Å². The molecule has 0 unspecified atom stereocenters. The Morgan fingerprint density at radius 1 is 1.21 bits per heavy atom. The minimum atomic E-state index is -0.956. The fourth-order valence-corrected chi connectivity index (χ4v) is 10.2. The van der Waals surface area contributed by atoms with Crippen LogP contribution < -0.4 is 20.7 Å². The summed E-state index contributed by atoms with van der Waals surface area (Å²) in [5.41, 5.74) is 5.74. The third-order valence-electron chi connectivity index (χ3n) is 11.8. The number of benzene rings is 2. The molecule has 2 aromatic carbocycles. The van der Waals surface area contributed by atoms with Gasteiger partial charge < -0.3 is 20.3 Å². The van der Waals surface area contributed by atoms with Gasteiger partial charge in [-0.25, -0.2) is 13.2 Å². The van der Waals surface area contributed by atoms with Gasteiger partial charge in [-0.1, -0.05) is 17.7 Å². The summed E-state index contributed by atoms with van der Waals surface area (Å²) in [6.45, 7) is 6.13. The first-order valence-corrected chi connectivity index (χ1v) is 19.1. The number of amides is 1. The molecule has 5 aliphatic rings. The monoisotopic (exact) mass is 750 g/mol. The van der Waals surface area contributed by atoms with Crippen LogP contribution in [0.15, 0.2) is 18.2 Å². The number of ether oxygens (including phenoxy) is 1. The number of hydrogen-bond donors (Lipinski definition) is 2. The van der Waals surface area contributed by atoms with Gasteiger partial charge in [0.25, 0.3) is 0 Å². The number of anilines is 2. The molecule has 6 heterocycles. The number of carbonyl (C=O) groups is 1. The zero-order valence-corrected chi connectivity index (χ0v) is 30.3. The quantitative estimate of drug-likeness (QED) is 0.217. The topological polar surface area (TPSA) is 134 Å². The van der Waals surface area contributed by atoms with E-state index in [1.165, 1.54) is 12.1 Å². The molecule has 2 aromatic heterocycles. The molecule has 10 nitrogen and oxygen atoms in total. The predicted octanol–water partition coefficient (Wildman–Crippen LogP) is 6.03. The second kappa shape index (κ2) is 12.3. The Balaban J connectivity index is 1.14. The maximum absolute atomic E-state index is 17.2. The Labute approximate surface area is 307 Å². The number of nitrogen functional groups attached to an aromatic ring is 1. The number of carbonyl (C=O) groups excluding carboxylic acids is 1. The van der Waals surface area contributed by atoms with E-state index in [1.807, 2.05) is 29.7 Å². The fourth-order valence-electron chi connectivity index (χ4n) is 8.99. The van der Waals surface area contributed by atoms with Crippen LogP contribution in [-0.2, 0) is 4.79 Å². The van der Waals surface area contributed by atoms with E-state index in [0.717, 1.165) is 43.6 Å². The molecule has 1 amide bonds. The van der Waals surface area contributed by atoms with Crippen molar-refractivity contribution in [2.45, 2.75) is 81.8 Å². The van der Waals surface area contributed by atoms with Crippen molar-refractivity contribution in [2.75, 3.05) is 43.4 Å². The van der Waals surface area contributed by atoms with Crippen LogP contribution in [0.3, 0.4) is 0 Å².